The van der Waals surface area contributed by atoms with Crippen LogP contribution in [-0.4, -0.2) is 22.9 Å². The summed E-state index contributed by atoms with van der Waals surface area (Å²) >= 11 is 5.83. The summed E-state index contributed by atoms with van der Waals surface area (Å²) in [6, 6.07) is 5.12. The minimum absolute atomic E-state index is 0.147. The Morgan fingerprint density at radius 1 is 1.47 bits per heavy atom. The van der Waals surface area contributed by atoms with E-state index in [0.717, 1.165) is 5.56 Å². The third kappa shape index (κ3) is 3.91. The summed E-state index contributed by atoms with van der Waals surface area (Å²) in [6.45, 7) is 1.98. The van der Waals surface area contributed by atoms with Crippen LogP contribution in [0.3, 0.4) is 0 Å². The number of nitrogens with zero attached hydrogens (tertiary/aromatic N) is 3. The molecule has 0 amide bonds. The summed E-state index contributed by atoms with van der Waals surface area (Å²) in [6.07, 6.45) is -1.79. The minimum atomic E-state index is -1.03. The Morgan fingerprint density at radius 3 is 2.82 bits per heavy atom. The van der Waals surface area contributed by atoms with E-state index in [4.69, 9.17) is 17.1 Å². The van der Waals surface area contributed by atoms with E-state index in [2.05, 4.69) is 10.0 Å². The van der Waals surface area contributed by atoms with E-state index in [0.29, 0.717) is 10.6 Å². The normalized spacial score (nSPS) is 13.9. The van der Waals surface area contributed by atoms with E-state index in [1.165, 1.54) is 0 Å². The smallest absolute Gasteiger partial charge is 0.105 e. The molecule has 0 saturated carbocycles. The molecule has 0 aromatic heterocycles. The Balaban J connectivity index is 2.76. The lowest BCUT2D eigenvalue weighted by Gasteiger charge is -2.19. The van der Waals surface area contributed by atoms with E-state index in [1.54, 1.807) is 18.2 Å². The lowest BCUT2D eigenvalue weighted by Crippen LogP contribution is -2.20. The second-order valence-electron chi connectivity index (χ2n) is 3.76. The summed E-state index contributed by atoms with van der Waals surface area (Å²) in [5.41, 5.74) is 9.55. The second kappa shape index (κ2) is 6.47. The van der Waals surface area contributed by atoms with Gasteiger partial charge in [-0.05, 0) is 42.1 Å². The average Bonchev–Trinajstić information content (AvgIpc) is 2.31. The van der Waals surface area contributed by atoms with Gasteiger partial charge < -0.3 is 10.2 Å². The number of rotatable bonds is 5. The van der Waals surface area contributed by atoms with Crippen LogP contribution >= 0.6 is 11.6 Å². The molecule has 92 valence electrons. The molecule has 0 aliphatic rings. The van der Waals surface area contributed by atoms with Crippen LogP contribution in [0.4, 0.5) is 0 Å². The van der Waals surface area contributed by atoms with Gasteiger partial charge in [0.2, 0.25) is 0 Å². The molecular formula is C11H14ClN3O2. The number of hydrogen-bond acceptors (Lipinski definition) is 3. The zero-order chi connectivity index (χ0) is 12.8. The number of hydrogen-bond donors (Lipinski definition) is 2. The number of aliphatic hydroxyl groups is 2. The molecule has 17 heavy (non-hydrogen) atoms. The highest BCUT2D eigenvalue weighted by Crippen LogP contribution is 2.25. The maximum Gasteiger partial charge on any atom is 0.105 e. The van der Waals surface area contributed by atoms with Gasteiger partial charge in [0.05, 0.1) is 6.10 Å². The summed E-state index contributed by atoms with van der Waals surface area (Å²) < 4.78 is 0. The first-order valence-corrected chi connectivity index (χ1v) is 5.57. The molecule has 2 unspecified atom stereocenters. The lowest BCUT2D eigenvalue weighted by molar-refractivity contribution is 0.0147. The highest BCUT2D eigenvalue weighted by atomic mass is 35.5. The van der Waals surface area contributed by atoms with E-state index < -0.39 is 12.2 Å². The van der Waals surface area contributed by atoms with E-state index in [9.17, 15) is 10.2 Å². The van der Waals surface area contributed by atoms with Gasteiger partial charge in [-0.3, -0.25) is 0 Å². The number of azide groups is 1. The lowest BCUT2D eigenvalue weighted by atomic mass is 9.98. The molecule has 0 aliphatic carbocycles. The summed E-state index contributed by atoms with van der Waals surface area (Å²) in [5, 5.41) is 23.5. The van der Waals surface area contributed by atoms with Gasteiger partial charge in [0.15, 0.2) is 0 Å². The van der Waals surface area contributed by atoms with Gasteiger partial charge in [-0.1, -0.05) is 22.8 Å². The predicted molar refractivity (Wildman–Crippen MR) is 65.8 cm³/mol. The Bertz CT molecular complexity index is 433. The standard InChI is InChI=1S/C11H14ClN3O2/c1-7-2-3-8(12)6-9(7)11(17)10(16)4-5-14-15-13/h2-3,6,10-11,16-17H,4-5H2,1H3. The molecule has 1 rings (SSSR count). The van der Waals surface area contributed by atoms with E-state index in [-0.39, 0.29) is 13.0 Å². The molecule has 0 bridgehead atoms. The van der Waals surface area contributed by atoms with Gasteiger partial charge >= 0.3 is 0 Å². The van der Waals surface area contributed by atoms with Crippen LogP contribution < -0.4 is 0 Å². The molecule has 0 aliphatic heterocycles. The Hall–Kier alpha value is -1.26. The van der Waals surface area contributed by atoms with Gasteiger partial charge in [-0.15, -0.1) is 0 Å². The number of aryl methyl sites for hydroxylation is 1. The van der Waals surface area contributed by atoms with Crippen molar-refractivity contribution >= 4 is 11.6 Å². The van der Waals surface area contributed by atoms with Crippen LogP contribution in [0, 0.1) is 6.92 Å². The van der Waals surface area contributed by atoms with Crippen LogP contribution in [0.25, 0.3) is 10.4 Å². The highest BCUT2D eigenvalue weighted by molar-refractivity contribution is 6.30. The van der Waals surface area contributed by atoms with Gasteiger partial charge in [-0.25, -0.2) is 0 Å². The first-order chi connectivity index (χ1) is 8.06. The van der Waals surface area contributed by atoms with Crippen LogP contribution in [0.2, 0.25) is 5.02 Å². The first-order valence-electron chi connectivity index (χ1n) is 5.19. The molecule has 1 aromatic rings. The highest BCUT2D eigenvalue weighted by Gasteiger charge is 2.19. The van der Waals surface area contributed by atoms with Crippen LogP contribution in [0.1, 0.15) is 23.7 Å². The summed E-state index contributed by atoms with van der Waals surface area (Å²) in [5.74, 6) is 0. The summed E-state index contributed by atoms with van der Waals surface area (Å²) in [4.78, 5) is 2.58. The molecule has 6 heteroatoms. The maximum atomic E-state index is 9.95. The minimum Gasteiger partial charge on any atom is -0.390 e. The second-order valence-corrected chi connectivity index (χ2v) is 4.19. The molecular weight excluding hydrogens is 242 g/mol. The molecule has 0 spiro atoms. The Labute approximate surface area is 104 Å². The molecule has 0 saturated heterocycles. The van der Waals surface area contributed by atoms with Crippen molar-refractivity contribution in [1.82, 2.24) is 0 Å². The van der Waals surface area contributed by atoms with E-state index >= 15 is 0 Å². The number of benzene rings is 1. The quantitative estimate of drug-likeness (QED) is 0.481. The van der Waals surface area contributed by atoms with Crippen molar-refractivity contribution in [2.24, 2.45) is 5.11 Å². The molecule has 0 heterocycles. The number of halogens is 1. The van der Waals surface area contributed by atoms with Crippen LogP contribution in [0.5, 0.6) is 0 Å². The van der Waals surface area contributed by atoms with Crippen LogP contribution in [-0.2, 0) is 0 Å². The van der Waals surface area contributed by atoms with Crippen molar-refractivity contribution in [2.75, 3.05) is 6.54 Å². The Kier molecular flexibility index (Phi) is 5.25. The predicted octanol–water partition coefficient (Wildman–Crippen LogP) is 2.74. The molecule has 2 atom stereocenters. The monoisotopic (exact) mass is 255 g/mol. The van der Waals surface area contributed by atoms with E-state index in [1.807, 2.05) is 6.92 Å². The fourth-order valence-corrected chi connectivity index (χ4v) is 1.71. The van der Waals surface area contributed by atoms with Gasteiger partial charge in [0.25, 0.3) is 0 Å². The van der Waals surface area contributed by atoms with Crippen molar-refractivity contribution in [3.05, 3.63) is 44.8 Å². The molecule has 0 radical (unpaired) electrons. The summed E-state index contributed by atoms with van der Waals surface area (Å²) in [7, 11) is 0. The fraction of sp³-hybridized carbons (Fsp3) is 0.455. The first kappa shape index (κ1) is 13.8. The number of aliphatic hydroxyl groups excluding tert-OH is 2. The maximum absolute atomic E-state index is 9.95. The van der Waals surface area contributed by atoms with Crippen molar-refractivity contribution < 1.29 is 10.2 Å². The topological polar surface area (TPSA) is 89.2 Å². The van der Waals surface area contributed by atoms with Gasteiger partial charge in [0.1, 0.15) is 6.10 Å². The fourth-order valence-electron chi connectivity index (χ4n) is 1.53. The third-order valence-electron chi connectivity index (χ3n) is 2.51. The molecule has 5 nitrogen and oxygen atoms in total. The van der Waals surface area contributed by atoms with Crippen molar-refractivity contribution in [1.29, 1.82) is 0 Å². The van der Waals surface area contributed by atoms with Crippen molar-refractivity contribution in [3.8, 4) is 0 Å². The average molecular weight is 256 g/mol. The molecule has 0 fully saturated rings. The SMILES string of the molecule is Cc1ccc(Cl)cc1C(O)C(O)CCN=[N+]=[N-]. The van der Waals surface area contributed by atoms with Gasteiger partial charge in [-0.2, -0.15) is 0 Å². The third-order valence-corrected chi connectivity index (χ3v) is 2.75. The van der Waals surface area contributed by atoms with Crippen LogP contribution in [0.15, 0.2) is 23.3 Å². The zero-order valence-electron chi connectivity index (χ0n) is 9.41. The Morgan fingerprint density at radius 2 is 2.18 bits per heavy atom. The largest absolute Gasteiger partial charge is 0.390 e. The zero-order valence-corrected chi connectivity index (χ0v) is 10.2. The van der Waals surface area contributed by atoms with Crippen molar-refractivity contribution in [3.63, 3.8) is 0 Å². The molecule has 1 aromatic carbocycles. The molecule has 2 N–H and O–H groups in total. The van der Waals surface area contributed by atoms with Gasteiger partial charge in [0, 0.05) is 16.5 Å². The van der Waals surface area contributed by atoms with Crippen molar-refractivity contribution in [2.45, 2.75) is 25.6 Å².